The number of rotatable bonds is 4. The molecular weight excluding hydrogens is 312 g/mol. The summed E-state index contributed by atoms with van der Waals surface area (Å²) in [6.45, 7) is 3.48. The Morgan fingerprint density at radius 3 is 2.43 bits per heavy atom. The molecule has 0 bridgehead atoms. The first-order valence-electron chi connectivity index (χ1n) is 6.83. The van der Waals surface area contributed by atoms with Gasteiger partial charge in [0.25, 0.3) is 0 Å². The number of sulfone groups is 1. The van der Waals surface area contributed by atoms with Crippen LogP contribution in [0.15, 0.2) is 58.5 Å². The third-order valence-corrected chi connectivity index (χ3v) is 5.08. The van der Waals surface area contributed by atoms with Gasteiger partial charge in [0.2, 0.25) is 9.84 Å². The number of aryl methyl sites for hydroxylation is 2. The molecule has 0 heterocycles. The zero-order valence-corrected chi connectivity index (χ0v) is 13.6. The van der Waals surface area contributed by atoms with E-state index in [1.807, 2.05) is 6.07 Å². The second-order valence-corrected chi connectivity index (χ2v) is 6.97. The number of phenols is 1. The Bertz CT molecular complexity index is 892. The van der Waals surface area contributed by atoms with E-state index in [2.05, 4.69) is 5.32 Å². The maximum Gasteiger partial charge on any atom is 0.218 e. The van der Waals surface area contributed by atoms with Gasteiger partial charge < -0.3 is 10.4 Å². The van der Waals surface area contributed by atoms with E-state index in [4.69, 9.17) is 0 Å². The highest BCUT2D eigenvalue weighted by Gasteiger charge is 2.23. The van der Waals surface area contributed by atoms with Crippen LogP contribution in [-0.2, 0) is 9.84 Å². The van der Waals surface area contributed by atoms with Crippen molar-refractivity contribution in [2.24, 2.45) is 0 Å². The van der Waals surface area contributed by atoms with Crippen molar-refractivity contribution in [1.29, 1.82) is 5.26 Å². The lowest BCUT2D eigenvalue weighted by molar-refractivity contribution is 0.475. The summed E-state index contributed by atoms with van der Waals surface area (Å²) >= 11 is 0. The summed E-state index contributed by atoms with van der Waals surface area (Å²) in [5, 5.41) is 21.2. The number of nitrogens with zero attached hydrogens (tertiary/aromatic N) is 1. The number of hydrogen-bond acceptors (Lipinski definition) is 5. The highest BCUT2D eigenvalue weighted by atomic mass is 32.2. The predicted octanol–water partition coefficient (Wildman–Crippen LogP) is 3.26. The third kappa shape index (κ3) is 3.71. The van der Waals surface area contributed by atoms with Crippen LogP contribution < -0.4 is 5.32 Å². The number of aromatic hydroxyl groups is 1. The Morgan fingerprint density at radius 2 is 1.83 bits per heavy atom. The molecule has 0 atom stereocenters. The Kier molecular flexibility index (Phi) is 4.72. The predicted molar refractivity (Wildman–Crippen MR) is 88.5 cm³/mol. The molecule has 2 rings (SSSR count). The van der Waals surface area contributed by atoms with Crippen molar-refractivity contribution in [1.82, 2.24) is 0 Å². The molecule has 2 N–H and O–H groups in total. The molecule has 23 heavy (non-hydrogen) atoms. The molecule has 118 valence electrons. The van der Waals surface area contributed by atoms with Crippen LogP contribution in [-0.4, -0.2) is 13.5 Å². The summed E-state index contributed by atoms with van der Waals surface area (Å²) in [5.41, 5.74) is 1.95. The van der Waals surface area contributed by atoms with E-state index in [9.17, 15) is 18.8 Å². The Morgan fingerprint density at radius 1 is 1.17 bits per heavy atom. The molecule has 2 aromatic carbocycles. The first-order valence-corrected chi connectivity index (χ1v) is 8.31. The highest BCUT2D eigenvalue weighted by Crippen LogP contribution is 2.24. The van der Waals surface area contributed by atoms with E-state index in [0.717, 1.165) is 11.8 Å². The fourth-order valence-electron chi connectivity index (χ4n) is 1.99. The van der Waals surface area contributed by atoms with Crippen LogP contribution in [0.3, 0.4) is 0 Å². The third-order valence-electron chi connectivity index (χ3n) is 3.27. The summed E-state index contributed by atoms with van der Waals surface area (Å²) in [6, 6.07) is 12.9. The highest BCUT2D eigenvalue weighted by molar-refractivity contribution is 7.95. The van der Waals surface area contributed by atoms with Crippen LogP contribution in [0.4, 0.5) is 5.69 Å². The van der Waals surface area contributed by atoms with Crippen molar-refractivity contribution in [2.75, 3.05) is 5.32 Å². The number of nitriles is 1. The molecular formula is C17H16N2O3S. The van der Waals surface area contributed by atoms with E-state index in [1.54, 1.807) is 44.2 Å². The number of phenolic OH excluding ortho intramolecular Hbond substituents is 1. The summed E-state index contributed by atoms with van der Waals surface area (Å²) in [6.07, 6.45) is 1.16. The minimum absolute atomic E-state index is 0.100. The Hall–Kier alpha value is -2.78. The van der Waals surface area contributed by atoms with Gasteiger partial charge in [0.15, 0.2) is 4.91 Å². The second-order valence-electron chi connectivity index (χ2n) is 5.08. The van der Waals surface area contributed by atoms with Crippen LogP contribution in [0.2, 0.25) is 0 Å². The summed E-state index contributed by atoms with van der Waals surface area (Å²) in [4.78, 5) is -0.253. The van der Waals surface area contributed by atoms with Gasteiger partial charge in [0.1, 0.15) is 11.8 Å². The van der Waals surface area contributed by atoms with Gasteiger partial charge in [-0.15, -0.1) is 0 Å². The number of benzene rings is 2. The lowest BCUT2D eigenvalue weighted by Gasteiger charge is -2.08. The van der Waals surface area contributed by atoms with Gasteiger partial charge in [-0.3, -0.25) is 0 Å². The monoisotopic (exact) mass is 328 g/mol. The number of anilines is 1. The zero-order chi connectivity index (χ0) is 17.0. The molecule has 2 aromatic rings. The van der Waals surface area contributed by atoms with E-state index in [-0.39, 0.29) is 15.6 Å². The molecule has 0 unspecified atom stereocenters. The molecule has 0 aliphatic rings. The van der Waals surface area contributed by atoms with Gasteiger partial charge in [0.05, 0.1) is 4.90 Å². The smallest absolute Gasteiger partial charge is 0.218 e. The first-order chi connectivity index (χ1) is 10.8. The number of allylic oxidation sites excluding steroid dienone is 1. The van der Waals surface area contributed by atoms with E-state index < -0.39 is 9.84 Å². The normalized spacial score (nSPS) is 11.8. The van der Waals surface area contributed by atoms with Gasteiger partial charge in [-0.25, -0.2) is 8.42 Å². The molecule has 0 fully saturated rings. The fraction of sp³-hybridized carbons (Fsp3) is 0.118. The maximum atomic E-state index is 12.6. The van der Waals surface area contributed by atoms with Crippen molar-refractivity contribution >= 4 is 15.5 Å². The number of nitrogens with one attached hydrogen (secondary N) is 1. The van der Waals surface area contributed by atoms with Gasteiger partial charge in [-0.2, -0.15) is 5.26 Å². The van der Waals surface area contributed by atoms with Crippen LogP contribution in [0.1, 0.15) is 11.1 Å². The molecule has 0 aliphatic carbocycles. The summed E-state index contributed by atoms with van der Waals surface area (Å²) < 4.78 is 25.3. The average molecular weight is 328 g/mol. The topological polar surface area (TPSA) is 90.2 Å². The molecule has 5 nitrogen and oxygen atoms in total. The number of hydrogen-bond donors (Lipinski definition) is 2. The summed E-state index contributed by atoms with van der Waals surface area (Å²) in [7, 11) is -3.89. The molecule has 0 saturated heterocycles. The zero-order valence-electron chi connectivity index (χ0n) is 12.7. The average Bonchev–Trinajstić information content (AvgIpc) is 2.51. The molecule has 0 radical (unpaired) electrons. The molecule has 0 spiro atoms. The minimum atomic E-state index is -3.89. The minimum Gasteiger partial charge on any atom is -0.508 e. The van der Waals surface area contributed by atoms with Gasteiger partial charge in [-0.1, -0.05) is 12.1 Å². The maximum absolute atomic E-state index is 12.6. The fourth-order valence-corrected chi connectivity index (χ4v) is 3.40. The van der Waals surface area contributed by atoms with Crippen molar-refractivity contribution in [2.45, 2.75) is 18.7 Å². The van der Waals surface area contributed by atoms with E-state index in [1.165, 1.54) is 12.1 Å². The largest absolute Gasteiger partial charge is 0.508 e. The molecule has 0 aliphatic heterocycles. The van der Waals surface area contributed by atoms with Crippen molar-refractivity contribution in [3.63, 3.8) is 0 Å². The second kappa shape index (κ2) is 6.55. The Labute approximate surface area is 135 Å². The molecule has 0 amide bonds. The van der Waals surface area contributed by atoms with Crippen molar-refractivity contribution < 1.29 is 13.5 Å². The molecule has 0 saturated carbocycles. The summed E-state index contributed by atoms with van der Waals surface area (Å²) in [5.74, 6) is 0.100. The lowest BCUT2D eigenvalue weighted by Crippen LogP contribution is -2.07. The van der Waals surface area contributed by atoms with Crippen LogP contribution >= 0.6 is 0 Å². The van der Waals surface area contributed by atoms with Crippen LogP contribution in [0.5, 0.6) is 5.75 Å². The Balaban J connectivity index is 2.39. The molecule has 6 heteroatoms. The van der Waals surface area contributed by atoms with E-state index in [0.29, 0.717) is 11.3 Å². The van der Waals surface area contributed by atoms with Crippen molar-refractivity contribution in [3.05, 3.63) is 64.7 Å². The quantitative estimate of drug-likeness (QED) is 0.664. The van der Waals surface area contributed by atoms with Gasteiger partial charge in [0, 0.05) is 11.9 Å². The SMILES string of the molecule is Cc1ccc(C)c(S(=O)(=O)/C(C#N)=C\Nc2ccc(O)cc2)c1. The van der Waals surface area contributed by atoms with Gasteiger partial charge >= 0.3 is 0 Å². The van der Waals surface area contributed by atoms with E-state index >= 15 is 0 Å². The molecule has 0 aromatic heterocycles. The lowest BCUT2D eigenvalue weighted by atomic mass is 10.2. The van der Waals surface area contributed by atoms with Crippen LogP contribution in [0.25, 0.3) is 0 Å². The van der Waals surface area contributed by atoms with Crippen molar-refractivity contribution in [3.8, 4) is 11.8 Å². The van der Waals surface area contributed by atoms with Gasteiger partial charge in [-0.05, 0) is 55.3 Å². The standard InChI is InChI=1S/C17H16N2O3S/c1-12-3-4-13(2)17(9-12)23(21,22)16(10-18)11-19-14-5-7-15(20)8-6-14/h3-9,11,19-20H,1-2H3/b16-11-. The first kappa shape index (κ1) is 16.6. The van der Waals surface area contributed by atoms with Crippen LogP contribution in [0, 0.1) is 25.2 Å².